The van der Waals surface area contributed by atoms with Crippen molar-refractivity contribution in [3.8, 4) is 6.01 Å². The number of aryl methyl sites for hydroxylation is 1. The van der Waals surface area contributed by atoms with Gasteiger partial charge < -0.3 is 4.74 Å². The Hall–Kier alpha value is -0.880. The number of ether oxygens (including phenoxy) is 1. The van der Waals surface area contributed by atoms with E-state index < -0.39 is 0 Å². The molecule has 0 unspecified atom stereocenters. The number of allylic oxidation sites excluding steroid dienone is 4. The third-order valence-corrected chi connectivity index (χ3v) is 2.71. The molecular formula is C9H8BrClFN3O. The molecule has 4 nitrogen and oxygen atoms in total. The number of hydrogen-bond donors (Lipinski definition) is 0. The van der Waals surface area contributed by atoms with Crippen molar-refractivity contribution in [3.05, 3.63) is 27.4 Å². The summed E-state index contributed by atoms with van der Waals surface area (Å²) in [6.07, 6.45) is 2.18. The number of halogens is 3. The molecule has 0 aliphatic heterocycles. The lowest BCUT2D eigenvalue weighted by Crippen LogP contribution is -2.04. The Kier molecular flexibility index (Phi) is 3.30. The van der Waals surface area contributed by atoms with Gasteiger partial charge in [-0.25, -0.2) is 9.07 Å². The van der Waals surface area contributed by atoms with Gasteiger partial charge in [0.1, 0.15) is 11.6 Å². The maximum Gasteiger partial charge on any atom is 0.320 e. The van der Waals surface area contributed by atoms with Gasteiger partial charge in [0.05, 0.1) is 5.03 Å². The van der Waals surface area contributed by atoms with Gasteiger partial charge in [-0.2, -0.15) is 4.98 Å². The molecule has 0 saturated carbocycles. The van der Waals surface area contributed by atoms with Gasteiger partial charge in [0, 0.05) is 19.9 Å². The van der Waals surface area contributed by atoms with Gasteiger partial charge in [-0.15, -0.1) is 5.10 Å². The molecule has 0 spiro atoms. The molecule has 0 atom stereocenters. The van der Waals surface area contributed by atoms with Crippen LogP contribution in [0.25, 0.3) is 0 Å². The fourth-order valence-corrected chi connectivity index (χ4v) is 1.88. The van der Waals surface area contributed by atoms with E-state index in [0.29, 0.717) is 22.9 Å². The van der Waals surface area contributed by atoms with E-state index in [9.17, 15) is 4.39 Å². The summed E-state index contributed by atoms with van der Waals surface area (Å²) in [7, 11) is 1.70. The molecular weight excluding hydrogens is 300 g/mol. The molecule has 0 N–H and O–H groups in total. The Balaban J connectivity index is 2.17. The first kappa shape index (κ1) is 11.6. The average Bonchev–Trinajstić information content (AvgIpc) is 2.51. The van der Waals surface area contributed by atoms with Crippen molar-refractivity contribution in [2.45, 2.75) is 12.8 Å². The van der Waals surface area contributed by atoms with Crippen LogP contribution < -0.4 is 4.74 Å². The second-order valence-corrected chi connectivity index (χ2v) is 4.37. The van der Waals surface area contributed by atoms with Crippen LogP contribution in [0.15, 0.2) is 27.4 Å². The molecule has 86 valence electrons. The van der Waals surface area contributed by atoms with Crippen molar-refractivity contribution in [3.63, 3.8) is 0 Å². The Morgan fingerprint density at radius 2 is 2.31 bits per heavy atom. The van der Waals surface area contributed by atoms with Crippen LogP contribution in [0, 0.1) is 0 Å². The lowest BCUT2D eigenvalue weighted by molar-refractivity contribution is 0.346. The standard InChI is InChI=1S/C9H8BrClFN3O/c1-15-9(13-8(10)14-15)16-5-2-3-7(12)6(11)4-5/h4H,2-3H2,1H3. The van der Waals surface area contributed by atoms with Crippen LogP contribution in [-0.2, 0) is 7.05 Å². The maximum absolute atomic E-state index is 13.0. The second kappa shape index (κ2) is 4.55. The molecule has 0 bridgehead atoms. The Morgan fingerprint density at radius 3 is 2.88 bits per heavy atom. The monoisotopic (exact) mass is 307 g/mol. The van der Waals surface area contributed by atoms with Gasteiger partial charge in [0.2, 0.25) is 4.73 Å². The fourth-order valence-electron chi connectivity index (χ4n) is 1.27. The molecule has 0 fully saturated rings. The molecule has 2 rings (SSSR count). The molecule has 0 aromatic carbocycles. The summed E-state index contributed by atoms with van der Waals surface area (Å²) in [5, 5.41) is 4.05. The summed E-state index contributed by atoms with van der Waals surface area (Å²) < 4.78 is 20.4. The zero-order valence-corrected chi connectivity index (χ0v) is 10.7. The lowest BCUT2D eigenvalue weighted by atomic mass is 10.1. The quantitative estimate of drug-likeness (QED) is 0.843. The Bertz CT molecular complexity index is 483. The summed E-state index contributed by atoms with van der Waals surface area (Å²) in [6.45, 7) is 0. The Labute approximate surface area is 105 Å². The highest BCUT2D eigenvalue weighted by Gasteiger charge is 2.15. The largest absolute Gasteiger partial charge is 0.429 e. The zero-order valence-electron chi connectivity index (χ0n) is 8.38. The van der Waals surface area contributed by atoms with Crippen molar-refractivity contribution in [1.82, 2.24) is 14.8 Å². The van der Waals surface area contributed by atoms with Crippen LogP contribution in [0.1, 0.15) is 12.8 Å². The maximum atomic E-state index is 13.0. The van der Waals surface area contributed by atoms with Crippen LogP contribution in [0.3, 0.4) is 0 Å². The molecule has 1 aliphatic rings. The Morgan fingerprint density at radius 1 is 1.56 bits per heavy atom. The van der Waals surface area contributed by atoms with Crippen molar-refractivity contribution < 1.29 is 9.13 Å². The minimum atomic E-state index is -0.312. The molecule has 0 radical (unpaired) electrons. The van der Waals surface area contributed by atoms with Crippen molar-refractivity contribution in [2.24, 2.45) is 7.05 Å². The number of hydrogen-bond acceptors (Lipinski definition) is 3. The van der Waals surface area contributed by atoms with Crippen LogP contribution in [0.2, 0.25) is 0 Å². The number of rotatable bonds is 2. The van der Waals surface area contributed by atoms with Gasteiger partial charge in [0.15, 0.2) is 0 Å². The summed E-state index contributed by atoms with van der Waals surface area (Å²) in [5.74, 6) is 0.266. The van der Waals surface area contributed by atoms with Crippen LogP contribution >= 0.6 is 27.5 Å². The van der Waals surface area contributed by atoms with E-state index in [1.807, 2.05) is 0 Å². The third kappa shape index (κ3) is 2.44. The van der Waals surface area contributed by atoms with Gasteiger partial charge in [0.25, 0.3) is 0 Å². The first-order chi connectivity index (χ1) is 7.56. The van der Waals surface area contributed by atoms with E-state index >= 15 is 0 Å². The molecule has 1 heterocycles. The summed E-state index contributed by atoms with van der Waals surface area (Å²) >= 11 is 8.80. The van der Waals surface area contributed by atoms with E-state index in [0.717, 1.165) is 0 Å². The molecule has 0 saturated heterocycles. The van der Waals surface area contributed by atoms with E-state index in [-0.39, 0.29) is 17.3 Å². The minimum absolute atomic E-state index is 0.0856. The van der Waals surface area contributed by atoms with E-state index in [1.165, 1.54) is 10.8 Å². The van der Waals surface area contributed by atoms with Crippen LogP contribution in [0.5, 0.6) is 6.01 Å². The van der Waals surface area contributed by atoms with Crippen molar-refractivity contribution >= 4 is 27.5 Å². The number of nitrogens with zero attached hydrogens (tertiary/aromatic N) is 3. The molecule has 7 heteroatoms. The molecule has 16 heavy (non-hydrogen) atoms. The topological polar surface area (TPSA) is 39.9 Å². The van der Waals surface area contributed by atoms with Gasteiger partial charge in [-0.05, 0) is 22.0 Å². The smallest absolute Gasteiger partial charge is 0.320 e. The van der Waals surface area contributed by atoms with Crippen molar-refractivity contribution in [1.29, 1.82) is 0 Å². The predicted molar refractivity (Wildman–Crippen MR) is 60.6 cm³/mol. The summed E-state index contributed by atoms with van der Waals surface area (Å²) in [4.78, 5) is 4.00. The highest BCUT2D eigenvalue weighted by Crippen LogP contribution is 2.28. The summed E-state index contributed by atoms with van der Waals surface area (Å²) in [5.41, 5.74) is 0. The predicted octanol–water partition coefficient (Wildman–Crippen LogP) is 3.05. The highest BCUT2D eigenvalue weighted by molar-refractivity contribution is 9.10. The first-order valence-electron chi connectivity index (χ1n) is 4.55. The SMILES string of the molecule is Cn1nc(Br)nc1OC1=CC(Cl)=C(F)CC1. The third-order valence-electron chi connectivity index (χ3n) is 2.06. The van der Waals surface area contributed by atoms with E-state index in [2.05, 4.69) is 26.0 Å². The first-order valence-corrected chi connectivity index (χ1v) is 5.72. The number of aromatic nitrogens is 3. The van der Waals surface area contributed by atoms with Crippen LogP contribution in [-0.4, -0.2) is 14.8 Å². The lowest BCUT2D eigenvalue weighted by Gasteiger charge is -2.12. The second-order valence-electron chi connectivity index (χ2n) is 3.25. The molecule has 1 aromatic heterocycles. The van der Waals surface area contributed by atoms with Gasteiger partial charge in [-0.1, -0.05) is 11.6 Å². The van der Waals surface area contributed by atoms with Crippen molar-refractivity contribution in [2.75, 3.05) is 0 Å². The van der Waals surface area contributed by atoms with Gasteiger partial charge >= 0.3 is 6.01 Å². The van der Waals surface area contributed by atoms with E-state index in [1.54, 1.807) is 7.05 Å². The molecule has 1 aromatic rings. The highest BCUT2D eigenvalue weighted by atomic mass is 79.9. The average molecular weight is 309 g/mol. The van der Waals surface area contributed by atoms with Crippen LogP contribution in [0.4, 0.5) is 4.39 Å². The normalized spacial score (nSPS) is 16.4. The van der Waals surface area contributed by atoms with Gasteiger partial charge in [-0.3, -0.25) is 0 Å². The molecule has 0 amide bonds. The van der Waals surface area contributed by atoms with E-state index in [4.69, 9.17) is 16.3 Å². The zero-order chi connectivity index (χ0) is 11.7. The minimum Gasteiger partial charge on any atom is -0.429 e. The molecule has 1 aliphatic carbocycles. The summed E-state index contributed by atoms with van der Waals surface area (Å²) in [6, 6.07) is 0.338. The fraction of sp³-hybridized carbons (Fsp3) is 0.333.